The van der Waals surface area contributed by atoms with E-state index in [9.17, 15) is 58.8 Å². The van der Waals surface area contributed by atoms with E-state index in [1.165, 1.54) is 33.9 Å². The number of unbranched alkanes of at least 4 members (excludes halogenated alkanes) is 1. The van der Waals surface area contributed by atoms with Gasteiger partial charge in [0.1, 0.15) is 42.9 Å². The third-order valence-corrected chi connectivity index (χ3v) is 7.31. The van der Waals surface area contributed by atoms with Crippen molar-refractivity contribution in [2.24, 2.45) is 0 Å². The van der Waals surface area contributed by atoms with E-state index >= 15 is 0 Å². The van der Waals surface area contributed by atoms with Crippen LogP contribution in [0.15, 0.2) is 24.8 Å². The number of nitrogens with one attached hydrogen (secondary N) is 3. The van der Waals surface area contributed by atoms with E-state index in [-0.39, 0.29) is 59.4 Å². The maximum atomic E-state index is 12.6. The minimum atomic E-state index is -1.67. The van der Waals surface area contributed by atoms with Gasteiger partial charge in [-0.2, -0.15) is 0 Å². The molecule has 0 saturated carbocycles. The minimum absolute atomic E-state index is 0. The summed E-state index contributed by atoms with van der Waals surface area (Å²) in [4.78, 5) is 103. The second-order valence-electron chi connectivity index (χ2n) is 11.3. The summed E-state index contributed by atoms with van der Waals surface area (Å²) in [5.41, 5.74) is 0. The predicted molar refractivity (Wildman–Crippen MR) is 180 cm³/mol. The molecule has 0 aliphatic heterocycles. The number of imidazole rings is 2. The number of aliphatic carboxylic acids is 6. The van der Waals surface area contributed by atoms with E-state index < -0.39 is 91.6 Å². The number of aromatic nitrogens is 4. The molecule has 26 heteroatoms. The molecule has 2 rings (SSSR count). The van der Waals surface area contributed by atoms with Gasteiger partial charge in [0.15, 0.2) is 0 Å². The molecule has 3 atom stereocenters. The topological polar surface area (TPSA) is 393 Å². The third kappa shape index (κ3) is 23.7. The van der Waals surface area contributed by atoms with Gasteiger partial charge in [0, 0.05) is 58.1 Å². The Morgan fingerprint density at radius 3 is 1.38 bits per heavy atom. The molecule has 0 aliphatic carbocycles. The maximum Gasteiger partial charge on any atom is 0 e. The van der Waals surface area contributed by atoms with Crippen LogP contribution in [-0.4, -0.2) is 127 Å². The summed E-state index contributed by atoms with van der Waals surface area (Å²) in [5.74, 6) is -7.96. The molecule has 0 fully saturated rings. The summed E-state index contributed by atoms with van der Waals surface area (Å²) >= 11 is 0. The molecule has 0 saturated heterocycles. The Morgan fingerprint density at radius 2 is 1.00 bits per heavy atom. The van der Waals surface area contributed by atoms with Crippen LogP contribution in [0.3, 0.4) is 0 Å². The number of rotatable bonds is 25. The van der Waals surface area contributed by atoms with Gasteiger partial charge < -0.3 is 55.7 Å². The van der Waals surface area contributed by atoms with Crippen LogP contribution in [0.25, 0.3) is 0 Å². The Balaban J connectivity index is -0.00000412. The van der Waals surface area contributed by atoms with Crippen molar-refractivity contribution in [3.05, 3.63) is 56.4 Å². The molecule has 1 radical (unpaired) electrons. The van der Waals surface area contributed by atoms with E-state index in [1.54, 1.807) is 0 Å². The van der Waals surface area contributed by atoms with Crippen molar-refractivity contribution in [2.75, 3.05) is 6.54 Å². The summed E-state index contributed by atoms with van der Waals surface area (Å²) < 4.78 is 25.4. The average molecular weight is 995 g/mol. The number of hydrogen-bond acceptors (Lipinski definition) is 11. The molecule has 0 aromatic carbocycles. The van der Waals surface area contributed by atoms with Crippen molar-refractivity contribution < 1.29 is 103 Å². The van der Waals surface area contributed by atoms with E-state index in [2.05, 4.69) is 35.2 Å². The second kappa shape index (κ2) is 32.0. The van der Waals surface area contributed by atoms with Crippen LogP contribution in [0.5, 0.6) is 0 Å². The first-order valence-electron chi connectivity index (χ1n) is 16.1. The predicted octanol–water partition coefficient (Wildman–Crippen LogP) is -1.27. The van der Waals surface area contributed by atoms with Crippen LogP contribution < -0.4 is 16.0 Å². The average Bonchev–Trinajstić information content (AvgIpc) is 3.79. The van der Waals surface area contributed by atoms with E-state index in [1.807, 2.05) is 15.5 Å². The number of carbonyl (C=O) groups excluding carboxylic acids is 2. The zero-order valence-electron chi connectivity index (χ0n) is 30.3. The quantitative estimate of drug-likeness (QED) is 0.0318. The van der Waals surface area contributed by atoms with Crippen molar-refractivity contribution in [3.8, 4) is 0 Å². The number of urea groups is 1. The molecule has 2 heterocycles. The maximum absolute atomic E-state index is 12.6. The number of carboxylic acid groups (broad SMARTS) is 6. The molecule has 0 bridgehead atoms. The molecular weight excluding hydrogens is 955 g/mol. The molecule has 0 spiro atoms. The smallest absolute Gasteiger partial charge is 0 e. The fraction of sp³-hybridized carbons (Fsp3) is 0.469. The van der Waals surface area contributed by atoms with Gasteiger partial charge in [-0.05, 0) is 38.6 Å². The molecule has 317 valence electrons. The summed E-state index contributed by atoms with van der Waals surface area (Å²) in [5, 5.41) is 61.7. The SMILES string of the molecule is O=C(O)CC[C@H](NC(=O)N[C@@H](CCC(=O)N[C@@H](CCCCN(Cc1nccn1CC(=O)O)Cc1nccn1CC(=O)O)C(=O)O)C(=O)O)C(=O)O.[C-]#[O+].[C-]#[O+].[C-]#[O+].[Re]. The molecule has 0 aliphatic rings. The molecule has 58 heavy (non-hydrogen) atoms. The van der Waals surface area contributed by atoms with Gasteiger partial charge >= 0.3 is 75.8 Å². The van der Waals surface area contributed by atoms with E-state index in [0.717, 1.165) is 0 Å². The fourth-order valence-corrected chi connectivity index (χ4v) is 4.80. The Bertz CT molecular complexity index is 1640. The van der Waals surface area contributed by atoms with Gasteiger partial charge in [-0.25, -0.2) is 29.1 Å². The number of hydrogen-bond donors (Lipinski definition) is 9. The fourth-order valence-electron chi connectivity index (χ4n) is 4.80. The van der Waals surface area contributed by atoms with Crippen LogP contribution in [0.2, 0.25) is 0 Å². The number of carboxylic acids is 6. The molecule has 2 aromatic rings. The van der Waals surface area contributed by atoms with Crippen LogP contribution in [0.1, 0.15) is 56.6 Å². The molecular formula is C32H40N8O17Re. The van der Waals surface area contributed by atoms with E-state index in [0.29, 0.717) is 24.6 Å². The van der Waals surface area contributed by atoms with Gasteiger partial charge in [0.2, 0.25) is 5.91 Å². The normalized spacial score (nSPS) is 11.3. The summed E-state index contributed by atoms with van der Waals surface area (Å²) in [7, 11) is 0. The first-order chi connectivity index (χ1) is 27.0. The van der Waals surface area contributed by atoms with Crippen molar-refractivity contribution in [2.45, 2.75) is 89.3 Å². The molecule has 2 aromatic heterocycles. The van der Waals surface area contributed by atoms with Crippen molar-refractivity contribution in [1.29, 1.82) is 0 Å². The zero-order chi connectivity index (χ0) is 44.1. The minimum Gasteiger partial charge on any atom is 0 e. The van der Waals surface area contributed by atoms with Crippen molar-refractivity contribution in [3.63, 3.8) is 0 Å². The Kier molecular flexibility index (Phi) is 30.9. The monoisotopic (exact) mass is 995 g/mol. The Labute approximate surface area is 342 Å². The van der Waals surface area contributed by atoms with Gasteiger partial charge in [0.25, 0.3) is 0 Å². The van der Waals surface area contributed by atoms with E-state index in [4.69, 9.17) is 24.2 Å². The molecule has 25 nitrogen and oxygen atoms in total. The van der Waals surface area contributed by atoms with Gasteiger partial charge in [-0.15, -0.1) is 0 Å². The van der Waals surface area contributed by atoms with Crippen molar-refractivity contribution >= 4 is 47.8 Å². The van der Waals surface area contributed by atoms with Gasteiger partial charge in [-0.3, -0.25) is 24.1 Å². The van der Waals surface area contributed by atoms with Gasteiger partial charge in [-0.1, -0.05) is 0 Å². The summed E-state index contributed by atoms with van der Waals surface area (Å²) in [6, 6.07) is -5.88. The summed E-state index contributed by atoms with van der Waals surface area (Å²) in [6.07, 6.45) is 4.42. The molecule has 3 amide bonds. The first-order valence-corrected chi connectivity index (χ1v) is 16.1. The number of amides is 3. The van der Waals surface area contributed by atoms with Crippen molar-refractivity contribution in [1.82, 2.24) is 40.0 Å². The molecule has 9 N–H and O–H groups in total. The Morgan fingerprint density at radius 1 is 0.603 bits per heavy atom. The second-order valence-corrected chi connectivity index (χ2v) is 11.3. The van der Waals surface area contributed by atoms with Crippen LogP contribution >= 0.6 is 0 Å². The van der Waals surface area contributed by atoms with Crippen LogP contribution in [0, 0.1) is 20.0 Å². The standard InChI is InChI=1S/C29H40N8O14.3CO.Re/c38-22(6-4-18(27(47)48)33-29(51)34-19(28(49)50)5-7-23(39)40)32-17(26(45)46)3-1-2-10-35(13-20-30-8-11-36(20)15-24(41)42)14-21-31-9-12-37(21)16-25(43)44;3*1-2;/h8-9,11-12,17-19H,1-7,10,13-16H2,(H,32,38)(H,39,40)(H,41,42)(H,43,44)(H,45,46)(H,47,48)(H,49,50)(H2,33,34,51);;;;/t17-,18-,19-;;;;/m0..../s1. The molecule has 0 unspecified atom stereocenters. The third-order valence-electron chi connectivity index (χ3n) is 7.31. The largest absolute Gasteiger partial charge is 0 e. The summed E-state index contributed by atoms with van der Waals surface area (Å²) in [6.45, 7) is 13.4. The number of carbonyl (C=O) groups is 8. The number of nitrogens with zero attached hydrogens (tertiary/aromatic N) is 5. The Hall–Kier alpha value is -6.18. The van der Waals surface area contributed by atoms with Gasteiger partial charge in [0.05, 0.1) is 13.1 Å². The van der Waals surface area contributed by atoms with Crippen LogP contribution in [0.4, 0.5) is 4.79 Å². The first kappa shape index (κ1) is 56.2. The zero-order valence-corrected chi connectivity index (χ0v) is 33.0. The van der Waals surface area contributed by atoms with Crippen LogP contribution in [-0.2, 0) is 94.1 Å².